The fraction of sp³-hybridized carbons (Fsp3) is 0.400. The lowest BCUT2D eigenvalue weighted by Gasteiger charge is -2.25. The Balaban J connectivity index is 2.32. The number of benzene rings is 1. The van der Waals surface area contributed by atoms with Gasteiger partial charge in [0.15, 0.2) is 11.5 Å². The summed E-state index contributed by atoms with van der Waals surface area (Å²) < 4.78 is 16.6. The van der Waals surface area contributed by atoms with Crippen LogP contribution in [-0.2, 0) is 9.53 Å². The maximum Gasteiger partial charge on any atom is 0.328 e. The van der Waals surface area contributed by atoms with Gasteiger partial charge in [-0.05, 0) is 25.0 Å². The number of methoxy groups -OCH3 is 1. The van der Waals surface area contributed by atoms with Gasteiger partial charge >= 0.3 is 5.97 Å². The summed E-state index contributed by atoms with van der Waals surface area (Å²) in [6.45, 7) is 1.25. The van der Waals surface area contributed by atoms with Crippen molar-refractivity contribution >= 4 is 23.6 Å². The molecule has 0 amide bonds. The van der Waals surface area contributed by atoms with Crippen molar-refractivity contribution in [2.75, 3.05) is 20.3 Å². The van der Waals surface area contributed by atoms with Crippen molar-refractivity contribution in [3.05, 3.63) is 28.8 Å². The molecule has 1 saturated heterocycles. The van der Waals surface area contributed by atoms with E-state index < -0.39 is 5.97 Å². The quantitative estimate of drug-likeness (QED) is 0.847. The van der Waals surface area contributed by atoms with Gasteiger partial charge in [0.05, 0.1) is 13.7 Å². The summed E-state index contributed by atoms with van der Waals surface area (Å²) in [5.74, 6) is -0.0890. The second-order valence-electron chi connectivity index (χ2n) is 4.65. The zero-order valence-electron chi connectivity index (χ0n) is 11.7. The van der Waals surface area contributed by atoms with Crippen LogP contribution in [0, 0.1) is 0 Å². The van der Waals surface area contributed by atoms with Crippen LogP contribution in [0.2, 0.25) is 5.02 Å². The first-order valence-corrected chi connectivity index (χ1v) is 7.01. The lowest BCUT2D eigenvalue weighted by Crippen LogP contribution is -2.28. The molecule has 0 radical (unpaired) electrons. The van der Waals surface area contributed by atoms with Crippen molar-refractivity contribution < 1.29 is 24.1 Å². The monoisotopic (exact) mass is 312 g/mol. The normalized spacial score (nSPS) is 18.7. The van der Waals surface area contributed by atoms with Gasteiger partial charge in [0.25, 0.3) is 0 Å². The van der Waals surface area contributed by atoms with Gasteiger partial charge in [0.2, 0.25) is 0 Å². The van der Waals surface area contributed by atoms with Crippen LogP contribution in [0.15, 0.2) is 18.2 Å². The summed E-state index contributed by atoms with van der Waals surface area (Å²) in [6, 6.07) is 3.28. The zero-order valence-corrected chi connectivity index (χ0v) is 12.4. The summed E-state index contributed by atoms with van der Waals surface area (Å²) in [7, 11) is 1.51. The molecule has 2 rings (SSSR count). The summed E-state index contributed by atoms with van der Waals surface area (Å²) in [5.41, 5.74) is 0.562. The van der Waals surface area contributed by atoms with Crippen LogP contribution in [0.25, 0.3) is 6.08 Å². The molecule has 6 heteroatoms. The molecule has 1 N–H and O–H groups in total. The Kier molecular flexibility index (Phi) is 5.47. The first-order valence-electron chi connectivity index (χ1n) is 6.63. The van der Waals surface area contributed by atoms with Gasteiger partial charge in [-0.3, -0.25) is 0 Å². The van der Waals surface area contributed by atoms with Crippen molar-refractivity contribution in [2.24, 2.45) is 0 Å². The fourth-order valence-electron chi connectivity index (χ4n) is 2.12. The van der Waals surface area contributed by atoms with Crippen molar-refractivity contribution in [1.82, 2.24) is 0 Å². The summed E-state index contributed by atoms with van der Waals surface area (Å²) in [6.07, 6.45) is 4.21. The van der Waals surface area contributed by atoms with Crippen molar-refractivity contribution in [2.45, 2.75) is 18.9 Å². The summed E-state index contributed by atoms with van der Waals surface area (Å²) >= 11 is 6.02. The van der Waals surface area contributed by atoms with E-state index in [-0.39, 0.29) is 6.10 Å². The Labute approximate surface area is 128 Å². The van der Waals surface area contributed by atoms with Gasteiger partial charge in [0, 0.05) is 29.3 Å². The summed E-state index contributed by atoms with van der Waals surface area (Å²) in [5, 5.41) is 9.22. The number of rotatable bonds is 5. The van der Waals surface area contributed by atoms with Gasteiger partial charge < -0.3 is 19.3 Å². The highest BCUT2D eigenvalue weighted by molar-refractivity contribution is 6.31. The lowest BCUT2D eigenvalue weighted by atomic mass is 10.1. The van der Waals surface area contributed by atoms with Gasteiger partial charge in [-0.25, -0.2) is 4.79 Å². The second-order valence-corrected chi connectivity index (χ2v) is 5.09. The Morgan fingerprint density at radius 1 is 1.52 bits per heavy atom. The molecule has 1 aliphatic heterocycles. The second kappa shape index (κ2) is 7.33. The van der Waals surface area contributed by atoms with E-state index in [1.807, 2.05) is 0 Å². The minimum atomic E-state index is -1.04. The zero-order chi connectivity index (χ0) is 15.2. The average molecular weight is 313 g/mol. The van der Waals surface area contributed by atoms with E-state index in [1.165, 1.54) is 13.2 Å². The SMILES string of the molecule is COc1cc(Cl)cc(/C=C/C(=O)O)c1OC1CCCOC1. The average Bonchev–Trinajstić information content (AvgIpc) is 2.48. The topological polar surface area (TPSA) is 65.0 Å². The Hall–Kier alpha value is -1.72. The molecule has 21 heavy (non-hydrogen) atoms. The maximum absolute atomic E-state index is 10.7. The number of hydrogen-bond donors (Lipinski definition) is 1. The predicted molar refractivity (Wildman–Crippen MR) is 79.1 cm³/mol. The molecule has 0 saturated carbocycles. The maximum atomic E-state index is 10.7. The molecule has 1 unspecified atom stereocenters. The Morgan fingerprint density at radius 3 is 2.95 bits per heavy atom. The van der Waals surface area contributed by atoms with E-state index in [4.69, 9.17) is 30.9 Å². The van der Waals surface area contributed by atoms with Gasteiger partial charge in [-0.15, -0.1) is 0 Å². The third-order valence-electron chi connectivity index (χ3n) is 3.08. The molecule has 5 nitrogen and oxygen atoms in total. The van der Waals surface area contributed by atoms with Crippen molar-refractivity contribution in [1.29, 1.82) is 0 Å². The van der Waals surface area contributed by atoms with Crippen LogP contribution in [0.5, 0.6) is 11.5 Å². The largest absolute Gasteiger partial charge is 0.493 e. The van der Waals surface area contributed by atoms with E-state index in [2.05, 4.69) is 0 Å². The molecule has 0 aromatic heterocycles. The van der Waals surface area contributed by atoms with Crippen LogP contribution < -0.4 is 9.47 Å². The third-order valence-corrected chi connectivity index (χ3v) is 3.29. The molecule has 1 heterocycles. The molecule has 0 bridgehead atoms. The van der Waals surface area contributed by atoms with E-state index in [0.717, 1.165) is 25.5 Å². The van der Waals surface area contributed by atoms with E-state index in [1.54, 1.807) is 12.1 Å². The highest BCUT2D eigenvalue weighted by Crippen LogP contribution is 2.37. The van der Waals surface area contributed by atoms with Crippen LogP contribution >= 0.6 is 11.6 Å². The van der Waals surface area contributed by atoms with E-state index >= 15 is 0 Å². The standard InChI is InChI=1S/C15H17ClO5/c1-19-13-8-11(16)7-10(4-5-14(17)18)15(13)21-12-3-2-6-20-9-12/h4-5,7-8,12H,2-3,6,9H2,1H3,(H,17,18)/b5-4+. The molecule has 0 aliphatic carbocycles. The lowest BCUT2D eigenvalue weighted by molar-refractivity contribution is -0.131. The Bertz CT molecular complexity index is 535. The van der Waals surface area contributed by atoms with Crippen LogP contribution in [-0.4, -0.2) is 37.5 Å². The molecule has 1 atom stereocenters. The van der Waals surface area contributed by atoms with Crippen molar-refractivity contribution in [3.8, 4) is 11.5 Å². The minimum absolute atomic E-state index is 0.0780. The third kappa shape index (κ3) is 4.37. The molecule has 1 aromatic carbocycles. The van der Waals surface area contributed by atoms with E-state index in [9.17, 15) is 4.79 Å². The first-order chi connectivity index (χ1) is 10.1. The number of halogens is 1. The minimum Gasteiger partial charge on any atom is -0.493 e. The van der Waals surface area contributed by atoms with Gasteiger partial charge in [-0.1, -0.05) is 11.6 Å². The molecular weight excluding hydrogens is 296 g/mol. The van der Waals surface area contributed by atoms with E-state index in [0.29, 0.717) is 28.7 Å². The number of aliphatic carboxylic acids is 1. The van der Waals surface area contributed by atoms with Gasteiger partial charge in [0.1, 0.15) is 6.10 Å². The number of ether oxygens (including phenoxy) is 3. The van der Waals surface area contributed by atoms with Gasteiger partial charge in [-0.2, -0.15) is 0 Å². The Morgan fingerprint density at radius 2 is 2.33 bits per heavy atom. The highest BCUT2D eigenvalue weighted by Gasteiger charge is 2.20. The molecule has 1 fully saturated rings. The molecular formula is C15H17ClO5. The number of carboxylic acid groups (broad SMARTS) is 1. The molecule has 0 spiro atoms. The molecule has 1 aromatic rings. The van der Waals surface area contributed by atoms with Crippen LogP contribution in [0.1, 0.15) is 18.4 Å². The molecule has 114 valence electrons. The smallest absolute Gasteiger partial charge is 0.328 e. The van der Waals surface area contributed by atoms with Crippen LogP contribution in [0.3, 0.4) is 0 Å². The number of carbonyl (C=O) groups is 1. The highest BCUT2D eigenvalue weighted by atomic mass is 35.5. The number of hydrogen-bond acceptors (Lipinski definition) is 4. The molecule has 1 aliphatic rings. The van der Waals surface area contributed by atoms with Crippen molar-refractivity contribution in [3.63, 3.8) is 0 Å². The fourth-order valence-corrected chi connectivity index (χ4v) is 2.34. The predicted octanol–water partition coefficient (Wildman–Crippen LogP) is 3.00. The summed E-state index contributed by atoms with van der Waals surface area (Å²) in [4.78, 5) is 10.7. The number of carboxylic acids is 1. The first kappa shape index (κ1) is 15.7. The van der Waals surface area contributed by atoms with Crippen LogP contribution in [0.4, 0.5) is 0 Å².